The number of nitrogens with zero attached hydrogens (tertiary/aromatic N) is 1. The normalized spacial score (nSPS) is 13.9. The molecule has 0 aliphatic heterocycles. The molecular weight excluding hydrogens is 262 g/mol. The predicted octanol–water partition coefficient (Wildman–Crippen LogP) is 1.71. The molecule has 1 unspecified atom stereocenters. The van der Waals surface area contributed by atoms with Crippen molar-refractivity contribution in [3.05, 3.63) is 11.4 Å². The Morgan fingerprint density at radius 1 is 1.47 bits per heavy atom. The number of halogens is 1. The fraction of sp³-hybridized carbons (Fsp3) is 0.700. The van der Waals surface area contributed by atoms with E-state index in [1.54, 1.807) is 13.8 Å². The standard InChI is InChI=1S/C10H18ClN3O2S/c1-7(11)5-4-6-12-17(15,16)10-8(2)13-14-9(10)3/h7,12H,4-6H2,1-3H3,(H,13,14). The summed E-state index contributed by atoms with van der Waals surface area (Å²) >= 11 is 5.79. The molecule has 0 saturated carbocycles. The van der Waals surface area contributed by atoms with Crippen LogP contribution in [0.2, 0.25) is 0 Å². The summed E-state index contributed by atoms with van der Waals surface area (Å²) in [7, 11) is -3.46. The van der Waals surface area contributed by atoms with Crippen molar-refractivity contribution in [3.8, 4) is 0 Å². The molecule has 0 aromatic carbocycles. The van der Waals surface area contributed by atoms with Crippen LogP contribution in [0.3, 0.4) is 0 Å². The number of sulfonamides is 1. The fourth-order valence-electron chi connectivity index (χ4n) is 1.60. The summed E-state index contributed by atoms with van der Waals surface area (Å²) in [5, 5.41) is 6.60. The van der Waals surface area contributed by atoms with Gasteiger partial charge in [0.2, 0.25) is 10.0 Å². The molecule has 1 aromatic heterocycles. The lowest BCUT2D eigenvalue weighted by atomic mass is 10.2. The number of alkyl halides is 1. The first-order valence-corrected chi connectivity index (χ1v) is 7.42. The molecule has 2 N–H and O–H groups in total. The first kappa shape index (κ1) is 14.5. The summed E-state index contributed by atoms with van der Waals surface area (Å²) in [6.07, 6.45) is 1.51. The molecule has 1 atom stereocenters. The third-order valence-electron chi connectivity index (χ3n) is 2.40. The Morgan fingerprint density at radius 2 is 2.12 bits per heavy atom. The number of hydrogen-bond acceptors (Lipinski definition) is 3. The minimum atomic E-state index is -3.46. The van der Waals surface area contributed by atoms with Crippen LogP contribution in [0.15, 0.2) is 4.90 Å². The number of H-pyrrole nitrogens is 1. The van der Waals surface area contributed by atoms with Crippen LogP contribution in [-0.4, -0.2) is 30.5 Å². The fourth-order valence-corrected chi connectivity index (χ4v) is 3.19. The van der Waals surface area contributed by atoms with E-state index < -0.39 is 10.0 Å². The summed E-state index contributed by atoms with van der Waals surface area (Å²) < 4.78 is 26.5. The lowest BCUT2D eigenvalue weighted by molar-refractivity contribution is 0.575. The van der Waals surface area contributed by atoms with Gasteiger partial charge >= 0.3 is 0 Å². The largest absolute Gasteiger partial charge is 0.281 e. The molecule has 17 heavy (non-hydrogen) atoms. The van der Waals surface area contributed by atoms with Gasteiger partial charge in [0.25, 0.3) is 0 Å². The maximum absolute atomic E-state index is 12.0. The van der Waals surface area contributed by atoms with Crippen molar-refractivity contribution in [1.29, 1.82) is 0 Å². The minimum absolute atomic E-state index is 0.0666. The number of aromatic nitrogens is 2. The van der Waals surface area contributed by atoms with E-state index in [9.17, 15) is 8.42 Å². The molecule has 0 radical (unpaired) electrons. The van der Waals surface area contributed by atoms with Gasteiger partial charge < -0.3 is 0 Å². The van der Waals surface area contributed by atoms with Crippen molar-refractivity contribution < 1.29 is 8.42 Å². The van der Waals surface area contributed by atoms with Gasteiger partial charge in [0.1, 0.15) is 4.90 Å². The molecule has 0 bridgehead atoms. The van der Waals surface area contributed by atoms with Crippen LogP contribution < -0.4 is 4.72 Å². The van der Waals surface area contributed by atoms with Crippen LogP contribution in [0.25, 0.3) is 0 Å². The molecule has 0 fully saturated rings. The zero-order valence-corrected chi connectivity index (χ0v) is 11.8. The highest BCUT2D eigenvalue weighted by molar-refractivity contribution is 7.89. The summed E-state index contributed by atoms with van der Waals surface area (Å²) in [5.41, 5.74) is 1.04. The van der Waals surface area contributed by atoms with E-state index in [-0.39, 0.29) is 10.3 Å². The Balaban J connectivity index is 2.64. The topological polar surface area (TPSA) is 74.8 Å². The average Bonchev–Trinajstić information content (AvgIpc) is 2.53. The Morgan fingerprint density at radius 3 is 2.59 bits per heavy atom. The Hall–Kier alpha value is -0.590. The van der Waals surface area contributed by atoms with Gasteiger partial charge in [-0.3, -0.25) is 5.10 Å². The minimum Gasteiger partial charge on any atom is -0.281 e. The van der Waals surface area contributed by atoms with E-state index in [2.05, 4.69) is 14.9 Å². The second kappa shape index (κ2) is 5.84. The Labute approximate surface area is 107 Å². The van der Waals surface area contributed by atoms with Crippen LogP contribution in [-0.2, 0) is 10.0 Å². The lowest BCUT2D eigenvalue weighted by Gasteiger charge is -2.07. The quantitative estimate of drug-likeness (QED) is 0.615. The van der Waals surface area contributed by atoms with Gasteiger partial charge in [0.15, 0.2) is 0 Å². The van der Waals surface area contributed by atoms with E-state index >= 15 is 0 Å². The predicted molar refractivity (Wildman–Crippen MR) is 67.8 cm³/mol. The molecule has 0 amide bonds. The van der Waals surface area contributed by atoms with E-state index in [1.165, 1.54) is 0 Å². The molecule has 1 rings (SSSR count). The first-order valence-electron chi connectivity index (χ1n) is 5.50. The van der Waals surface area contributed by atoms with Crippen molar-refractivity contribution in [2.24, 2.45) is 0 Å². The van der Waals surface area contributed by atoms with Gasteiger partial charge in [-0.1, -0.05) is 0 Å². The van der Waals surface area contributed by atoms with Gasteiger partial charge in [-0.25, -0.2) is 13.1 Å². The van der Waals surface area contributed by atoms with Gasteiger partial charge in [-0.15, -0.1) is 11.6 Å². The maximum atomic E-state index is 12.0. The number of nitrogens with one attached hydrogen (secondary N) is 2. The van der Waals surface area contributed by atoms with Crippen LogP contribution in [0.4, 0.5) is 0 Å². The Kier molecular flexibility index (Phi) is 4.97. The SMILES string of the molecule is Cc1n[nH]c(C)c1S(=O)(=O)NCCCC(C)Cl. The van der Waals surface area contributed by atoms with Crippen LogP contribution in [0.1, 0.15) is 31.2 Å². The third-order valence-corrected chi connectivity index (χ3v) is 4.34. The van der Waals surface area contributed by atoms with Crippen molar-refractivity contribution in [2.45, 2.75) is 43.9 Å². The van der Waals surface area contributed by atoms with Crippen LogP contribution >= 0.6 is 11.6 Å². The second-order valence-corrected chi connectivity index (χ2v) is 6.53. The zero-order chi connectivity index (χ0) is 13.1. The molecule has 0 aliphatic rings. The molecule has 0 spiro atoms. The van der Waals surface area contributed by atoms with E-state index in [1.807, 2.05) is 6.92 Å². The highest BCUT2D eigenvalue weighted by atomic mass is 35.5. The summed E-state index contributed by atoms with van der Waals surface area (Å²) in [5.74, 6) is 0. The molecule has 5 nitrogen and oxygen atoms in total. The second-order valence-electron chi connectivity index (χ2n) is 4.08. The highest BCUT2D eigenvalue weighted by Gasteiger charge is 2.21. The van der Waals surface area contributed by atoms with Crippen molar-refractivity contribution in [2.75, 3.05) is 6.54 Å². The average molecular weight is 280 g/mol. The zero-order valence-electron chi connectivity index (χ0n) is 10.2. The number of aryl methyl sites for hydroxylation is 2. The van der Waals surface area contributed by atoms with Gasteiger partial charge in [0, 0.05) is 11.9 Å². The van der Waals surface area contributed by atoms with Gasteiger partial charge in [-0.05, 0) is 33.6 Å². The molecule has 1 heterocycles. The summed E-state index contributed by atoms with van der Waals surface area (Å²) in [6.45, 7) is 5.64. The molecular formula is C10H18ClN3O2S. The maximum Gasteiger partial charge on any atom is 0.244 e. The van der Waals surface area contributed by atoms with Crippen LogP contribution in [0.5, 0.6) is 0 Å². The molecule has 0 aliphatic carbocycles. The van der Waals surface area contributed by atoms with Crippen molar-refractivity contribution >= 4 is 21.6 Å². The molecule has 98 valence electrons. The number of rotatable bonds is 6. The Bertz CT molecular complexity index is 448. The third kappa shape index (κ3) is 3.97. The van der Waals surface area contributed by atoms with Crippen LogP contribution in [0, 0.1) is 13.8 Å². The van der Waals surface area contributed by atoms with E-state index in [4.69, 9.17) is 11.6 Å². The van der Waals surface area contributed by atoms with Crippen molar-refractivity contribution in [3.63, 3.8) is 0 Å². The summed E-state index contributed by atoms with van der Waals surface area (Å²) in [4.78, 5) is 0.247. The van der Waals surface area contributed by atoms with Gasteiger partial charge in [-0.2, -0.15) is 5.10 Å². The monoisotopic (exact) mass is 279 g/mol. The van der Waals surface area contributed by atoms with E-state index in [0.717, 1.165) is 12.8 Å². The van der Waals surface area contributed by atoms with Crippen molar-refractivity contribution in [1.82, 2.24) is 14.9 Å². The molecule has 7 heteroatoms. The highest BCUT2D eigenvalue weighted by Crippen LogP contribution is 2.16. The van der Waals surface area contributed by atoms with Gasteiger partial charge in [0.05, 0.1) is 11.4 Å². The first-order chi connectivity index (χ1) is 7.84. The molecule has 0 saturated heterocycles. The number of aromatic amines is 1. The van der Waals surface area contributed by atoms with E-state index in [0.29, 0.717) is 17.9 Å². The number of hydrogen-bond donors (Lipinski definition) is 2. The lowest BCUT2D eigenvalue weighted by Crippen LogP contribution is -2.26. The smallest absolute Gasteiger partial charge is 0.244 e. The summed E-state index contributed by atoms with van der Waals surface area (Å²) in [6, 6.07) is 0. The molecule has 1 aromatic rings.